The zero-order valence-electron chi connectivity index (χ0n) is 12.3. The van der Waals surface area contributed by atoms with Gasteiger partial charge in [0.2, 0.25) is 0 Å². The smallest absolute Gasteiger partial charge is 0.191 e. The number of hydrazone groups is 1. The maximum Gasteiger partial charge on any atom is 0.191 e. The van der Waals surface area contributed by atoms with E-state index in [4.69, 9.17) is 17.0 Å². The van der Waals surface area contributed by atoms with Gasteiger partial charge in [0.1, 0.15) is 5.75 Å². The number of nitrogens with zero attached hydrogens (tertiary/aromatic N) is 1. The topological polar surface area (TPSA) is 45.6 Å². The molecule has 3 rings (SSSR count). The predicted octanol–water partition coefficient (Wildman–Crippen LogP) is 3.33. The number of methoxy groups -OCH3 is 1. The molecule has 0 aliphatic heterocycles. The molecule has 0 spiro atoms. The molecule has 112 valence electrons. The molecule has 2 aromatic carbocycles. The van der Waals surface area contributed by atoms with Crippen molar-refractivity contribution in [2.75, 3.05) is 12.4 Å². The Labute approximate surface area is 135 Å². The van der Waals surface area contributed by atoms with Crippen LogP contribution < -0.4 is 15.5 Å². The lowest BCUT2D eigenvalue weighted by Gasteiger charge is -2.11. The minimum Gasteiger partial charge on any atom is -0.495 e. The molecule has 0 fully saturated rings. The summed E-state index contributed by atoms with van der Waals surface area (Å²) in [5.74, 6) is 0.741. The minimum atomic E-state index is 0.446. The van der Waals surface area contributed by atoms with Crippen LogP contribution in [0.4, 0.5) is 5.69 Å². The molecular formula is C17H17N3OS. The molecule has 0 heterocycles. The number of fused-ring (bicyclic) bond motifs is 1. The van der Waals surface area contributed by atoms with Gasteiger partial charge in [-0.3, -0.25) is 5.43 Å². The van der Waals surface area contributed by atoms with Gasteiger partial charge in [0.25, 0.3) is 0 Å². The zero-order valence-corrected chi connectivity index (χ0v) is 13.1. The van der Waals surface area contributed by atoms with E-state index in [1.54, 1.807) is 7.11 Å². The standard InChI is InChI=1S/C17H17N3OS/c1-21-16-9-5-4-8-15(16)18-17(22)20-19-14-11-10-12-6-2-3-7-13(12)14/h2-9H,10-11H2,1H3,(H2,18,20,22). The van der Waals surface area contributed by atoms with E-state index in [1.807, 2.05) is 30.3 Å². The summed E-state index contributed by atoms with van der Waals surface area (Å²) in [7, 11) is 1.63. The van der Waals surface area contributed by atoms with Crippen LogP contribution in [0.1, 0.15) is 17.5 Å². The molecule has 0 saturated heterocycles. The van der Waals surface area contributed by atoms with Crippen molar-refractivity contribution in [2.24, 2.45) is 5.10 Å². The van der Waals surface area contributed by atoms with Gasteiger partial charge < -0.3 is 10.1 Å². The number of rotatable bonds is 3. The second-order valence-corrected chi connectivity index (χ2v) is 5.39. The normalized spacial score (nSPS) is 14.5. The van der Waals surface area contributed by atoms with Crippen molar-refractivity contribution in [3.63, 3.8) is 0 Å². The predicted molar refractivity (Wildman–Crippen MR) is 93.7 cm³/mol. The Morgan fingerprint density at radius 2 is 1.86 bits per heavy atom. The van der Waals surface area contributed by atoms with E-state index in [9.17, 15) is 0 Å². The van der Waals surface area contributed by atoms with Crippen molar-refractivity contribution in [1.29, 1.82) is 0 Å². The number of nitrogens with one attached hydrogen (secondary N) is 2. The average Bonchev–Trinajstić information content (AvgIpc) is 2.97. The van der Waals surface area contributed by atoms with Gasteiger partial charge in [-0.05, 0) is 42.8 Å². The number of benzene rings is 2. The molecule has 2 aromatic rings. The highest BCUT2D eigenvalue weighted by atomic mass is 32.1. The first-order valence-corrected chi connectivity index (χ1v) is 7.53. The van der Waals surface area contributed by atoms with Crippen LogP contribution in [-0.2, 0) is 6.42 Å². The summed E-state index contributed by atoms with van der Waals surface area (Å²) >= 11 is 5.29. The van der Waals surface area contributed by atoms with E-state index in [1.165, 1.54) is 11.1 Å². The molecule has 0 amide bonds. The Bertz CT molecular complexity index is 727. The summed E-state index contributed by atoms with van der Waals surface area (Å²) in [6.07, 6.45) is 1.97. The van der Waals surface area contributed by atoms with E-state index < -0.39 is 0 Å². The molecule has 0 radical (unpaired) electrons. The Hall–Kier alpha value is -2.40. The average molecular weight is 311 g/mol. The highest BCUT2D eigenvalue weighted by Crippen LogP contribution is 2.23. The van der Waals surface area contributed by atoms with Gasteiger partial charge >= 0.3 is 0 Å². The van der Waals surface area contributed by atoms with Crippen LogP contribution in [0.25, 0.3) is 0 Å². The lowest BCUT2D eigenvalue weighted by atomic mass is 10.1. The SMILES string of the molecule is COc1ccccc1NC(=S)NN=C1CCc2ccccc21. The number of hydrogen-bond donors (Lipinski definition) is 2. The molecule has 5 heteroatoms. The van der Waals surface area contributed by atoms with Crippen molar-refractivity contribution in [3.05, 3.63) is 59.7 Å². The second-order valence-electron chi connectivity index (χ2n) is 4.98. The fourth-order valence-corrected chi connectivity index (χ4v) is 2.70. The van der Waals surface area contributed by atoms with E-state index in [2.05, 4.69) is 34.0 Å². The third-order valence-electron chi connectivity index (χ3n) is 3.61. The number of hydrogen-bond acceptors (Lipinski definition) is 3. The Morgan fingerprint density at radius 3 is 2.73 bits per heavy atom. The van der Waals surface area contributed by atoms with Gasteiger partial charge in [0.15, 0.2) is 5.11 Å². The van der Waals surface area contributed by atoms with E-state index in [0.717, 1.165) is 30.0 Å². The summed E-state index contributed by atoms with van der Waals surface area (Å²) in [6, 6.07) is 16.0. The van der Waals surface area contributed by atoms with Crippen molar-refractivity contribution < 1.29 is 4.74 Å². The third kappa shape index (κ3) is 3.09. The number of thiocarbonyl (C=S) groups is 1. The van der Waals surface area contributed by atoms with Crippen LogP contribution in [0.3, 0.4) is 0 Å². The molecule has 1 aliphatic carbocycles. The fourth-order valence-electron chi connectivity index (χ4n) is 2.54. The van der Waals surface area contributed by atoms with Crippen LogP contribution in [-0.4, -0.2) is 17.9 Å². The van der Waals surface area contributed by atoms with Gasteiger partial charge in [-0.1, -0.05) is 36.4 Å². The summed E-state index contributed by atoms with van der Waals surface area (Å²) in [5.41, 5.74) is 7.32. The van der Waals surface area contributed by atoms with Crippen molar-refractivity contribution in [1.82, 2.24) is 5.43 Å². The summed E-state index contributed by atoms with van der Waals surface area (Å²) in [4.78, 5) is 0. The number of aryl methyl sites for hydroxylation is 1. The van der Waals surface area contributed by atoms with Crippen molar-refractivity contribution in [3.8, 4) is 5.75 Å². The van der Waals surface area contributed by atoms with E-state index >= 15 is 0 Å². The molecule has 22 heavy (non-hydrogen) atoms. The molecule has 0 saturated carbocycles. The lowest BCUT2D eigenvalue weighted by molar-refractivity contribution is 0.417. The first-order valence-electron chi connectivity index (χ1n) is 7.13. The molecule has 0 unspecified atom stereocenters. The fraction of sp³-hybridized carbons (Fsp3) is 0.176. The van der Waals surface area contributed by atoms with Crippen LogP contribution in [0.5, 0.6) is 5.75 Å². The van der Waals surface area contributed by atoms with Crippen LogP contribution in [0.2, 0.25) is 0 Å². The van der Waals surface area contributed by atoms with Crippen LogP contribution in [0, 0.1) is 0 Å². The minimum absolute atomic E-state index is 0.446. The summed E-state index contributed by atoms with van der Waals surface area (Å²) in [5, 5.41) is 7.98. The highest BCUT2D eigenvalue weighted by Gasteiger charge is 2.16. The molecule has 0 aromatic heterocycles. The molecule has 1 aliphatic rings. The molecule has 4 nitrogen and oxygen atoms in total. The highest BCUT2D eigenvalue weighted by molar-refractivity contribution is 7.80. The third-order valence-corrected chi connectivity index (χ3v) is 3.80. The number of ether oxygens (including phenoxy) is 1. The van der Waals surface area contributed by atoms with Gasteiger partial charge in [-0.15, -0.1) is 0 Å². The monoisotopic (exact) mass is 311 g/mol. The van der Waals surface area contributed by atoms with E-state index in [-0.39, 0.29) is 0 Å². The van der Waals surface area contributed by atoms with Gasteiger partial charge in [-0.25, -0.2) is 0 Å². The lowest BCUT2D eigenvalue weighted by Crippen LogP contribution is -2.25. The molecule has 2 N–H and O–H groups in total. The summed E-state index contributed by atoms with van der Waals surface area (Å²) < 4.78 is 5.28. The Kier molecular flexibility index (Phi) is 4.34. The Morgan fingerprint density at radius 1 is 1.09 bits per heavy atom. The van der Waals surface area contributed by atoms with Crippen LogP contribution >= 0.6 is 12.2 Å². The van der Waals surface area contributed by atoms with Gasteiger partial charge in [-0.2, -0.15) is 5.10 Å². The molecule has 0 atom stereocenters. The van der Waals surface area contributed by atoms with Crippen LogP contribution in [0.15, 0.2) is 53.6 Å². The van der Waals surface area contributed by atoms with Gasteiger partial charge in [0, 0.05) is 5.56 Å². The quantitative estimate of drug-likeness (QED) is 0.674. The Balaban J connectivity index is 1.67. The first-order chi connectivity index (χ1) is 10.8. The zero-order chi connectivity index (χ0) is 15.4. The van der Waals surface area contributed by atoms with Gasteiger partial charge in [0.05, 0.1) is 18.5 Å². The number of anilines is 1. The summed E-state index contributed by atoms with van der Waals surface area (Å²) in [6.45, 7) is 0. The largest absolute Gasteiger partial charge is 0.495 e. The van der Waals surface area contributed by atoms with E-state index in [0.29, 0.717) is 5.11 Å². The number of para-hydroxylation sites is 2. The van der Waals surface area contributed by atoms with Crippen molar-refractivity contribution in [2.45, 2.75) is 12.8 Å². The molecule has 0 bridgehead atoms. The second kappa shape index (κ2) is 6.58. The molecular weight excluding hydrogens is 294 g/mol. The van der Waals surface area contributed by atoms with Crippen molar-refractivity contribution >= 4 is 28.7 Å². The first kappa shape index (κ1) is 14.5. The maximum absolute atomic E-state index is 5.29. The maximum atomic E-state index is 5.29.